The van der Waals surface area contributed by atoms with Crippen molar-refractivity contribution in [2.24, 2.45) is 11.7 Å². The van der Waals surface area contributed by atoms with Crippen LogP contribution < -0.4 is 10.5 Å². The largest absolute Gasteiger partial charge is 0.329 e. The van der Waals surface area contributed by atoms with E-state index in [1.807, 2.05) is 19.9 Å². The second-order valence-electron chi connectivity index (χ2n) is 5.27. The molecule has 0 heterocycles. The predicted molar refractivity (Wildman–Crippen MR) is 85.8 cm³/mol. The summed E-state index contributed by atoms with van der Waals surface area (Å²) >= 11 is 0. The predicted octanol–water partition coefficient (Wildman–Crippen LogP) is 1.94. The number of nitrogens with two attached hydrogens (primary N) is 1. The van der Waals surface area contributed by atoms with Gasteiger partial charge in [-0.15, -0.1) is 12.4 Å². The van der Waals surface area contributed by atoms with Crippen molar-refractivity contribution in [3.63, 3.8) is 0 Å². The lowest BCUT2D eigenvalue weighted by Crippen LogP contribution is -2.41. The summed E-state index contributed by atoms with van der Waals surface area (Å²) in [5.41, 5.74) is 6.73. The van der Waals surface area contributed by atoms with Crippen LogP contribution in [0.25, 0.3) is 0 Å². The van der Waals surface area contributed by atoms with Crippen LogP contribution in [0.4, 0.5) is 0 Å². The molecule has 0 fully saturated rings. The number of rotatable bonds is 6. The smallest absolute Gasteiger partial charge is 0.240 e. The van der Waals surface area contributed by atoms with E-state index in [9.17, 15) is 8.42 Å². The van der Waals surface area contributed by atoms with Crippen LogP contribution in [0.5, 0.6) is 0 Å². The van der Waals surface area contributed by atoms with E-state index in [-0.39, 0.29) is 29.9 Å². The molecule has 1 unspecified atom stereocenters. The highest BCUT2D eigenvalue weighted by Gasteiger charge is 2.20. The highest BCUT2D eigenvalue weighted by Crippen LogP contribution is 2.16. The van der Waals surface area contributed by atoms with E-state index in [1.54, 1.807) is 6.92 Å². The Morgan fingerprint density at radius 3 is 2.43 bits per heavy atom. The molecule has 1 rings (SSSR count). The summed E-state index contributed by atoms with van der Waals surface area (Å²) in [5.74, 6) is 0.356. The second-order valence-corrected chi connectivity index (χ2v) is 6.99. The highest BCUT2D eigenvalue weighted by molar-refractivity contribution is 7.89. The van der Waals surface area contributed by atoms with Gasteiger partial charge in [-0.1, -0.05) is 13.8 Å². The van der Waals surface area contributed by atoms with Crippen molar-refractivity contribution in [1.29, 1.82) is 5.26 Å². The first-order valence-corrected chi connectivity index (χ1v) is 8.01. The van der Waals surface area contributed by atoms with Crippen molar-refractivity contribution in [1.82, 2.24) is 4.72 Å². The molecule has 118 valence electrons. The molecule has 0 spiro atoms. The number of hydrogen-bond acceptors (Lipinski definition) is 4. The Hall–Kier alpha value is -1.13. The van der Waals surface area contributed by atoms with Crippen LogP contribution in [-0.2, 0) is 10.0 Å². The van der Waals surface area contributed by atoms with Gasteiger partial charge in [0, 0.05) is 12.6 Å². The quantitative estimate of drug-likeness (QED) is 0.832. The molecule has 1 aromatic carbocycles. The van der Waals surface area contributed by atoms with Gasteiger partial charge in [-0.3, -0.25) is 0 Å². The summed E-state index contributed by atoms with van der Waals surface area (Å²) in [4.78, 5) is 0.163. The lowest BCUT2D eigenvalue weighted by Gasteiger charge is -2.19. The Kier molecular flexibility index (Phi) is 7.90. The Balaban J connectivity index is 0.00000400. The summed E-state index contributed by atoms with van der Waals surface area (Å²) in [6, 6.07) is 6.20. The Bertz CT molecular complexity index is 609. The maximum Gasteiger partial charge on any atom is 0.240 e. The lowest BCUT2D eigenvalue weighted by atomic mass is 10.1. The minimum absolute atomic E-state index is 0. The number of nitrogens with one attached hydrogen (secondary N) is 1. The SMILES string of the molecule is Cc1cc(S(=O)(=O)NC(CN)CC(C)C)ccc1C#N.Cl. The van der Waals surface area contributed by atoms with Crippen molar-refractivity contribution >= 4 is 22.4 Å². The second kappa shape index (κ2) is 8.35. The van der Waals surface area contributed by atoms with Crippen molar-refractivity contribution < 1.29 is 8.42 Å². The molecule has 0 saturated heterocycles. The molecule has 3 N–H and O–H groups in total. The van der Waals surface area contributed by atoms with Crippen molar-refractivity contribution in [2.45, 2.75) is 38.1 Å². The first-order valence-electron chi connectivity index (χ1n) is 6.53. The van der Waals surface area contributed by atoms with Gasteiger partial charge in [0.15, 0.2) is 0 Å². The number of halogens is 1. The number of hydrogen-bond donors (Lipinski definition) is 2. The number of nitriles is 1. The van der Waals surface area contributed by atoms with E-state index in [0.717, 1.165) is 0 Å². The standard InChI is InChI=1S/C14H21N3O2S.ClH/c1-10(2)6-13(9-16)17-20(18,19)14-5-4-12(8-15)11(3)7-14;/h4-5,7,10,13,17H,6,9,16H2,1-3H3;1H. The Morgan fingerprint density at radius 1 is 1.38 bits per heavy atom. The maximum absolute atomic E-state index is 12.3. The molecule has 0 aliphatic carbocycles. The molecule has 0 bridgehead atoms. The number of aryl methyl sites for hydroxylation is 1. The summed E-state index contributed by atoms with van der Waals surface area (Å²) in [6.07, 6.45) is 0.686. The van der Waals surface area contributed by atoms with Crippen LogP contribution in [0.1, 0.15) is 31.4 Å². The van der Waals surface area contributed by atoms with Crippen molar-refractivity contribution in [2.75, 3.05) is 6.54 Å². The van der Waals surface area contributed by atoms with Crippen molar-refractivity contribution in [3.05, 3.63) is 29.3 Å². The zero-order valence-corrected chi connectivity index (χ0v) is 14.1. The van der Waals surface area contributed by atoms with Gasteiger partial charge in [-0.25, -0.2) is 13.1 Å². The lowest BCUT2D eigenvalue weighted by molar-refractivity contribution is 0.465. The van der Waals surface area contributed by atoms with Gasteiger partial charge in [0.2, 0.25) is 10.0 Å². The third kappa shape index (κ3) is 5.64. The Morgan fingerprint density at radius 2 is 2.00 bits per heavy atom. The molecule has 0 amide bonds. The molecule has 1 aromatic rings. The summed E-state index contributed by atoms with van der Waals surface area (Å²) < 4.78 is 27.2. The van der Waals surface area contributed by atoms with Gasteiger partial charge in [0.1, 0.15) is 0 Å². The van der Waals surface area contributed by atoms with Gasteiger partial charge in [0.05, 0.1) is 16.5 Å². The molecule has 0 aromatic heterocycles. The zero-order valence-electron chi connectivity index (χ0n) is 12.5. The first-order chi connectivity index (χ1) is 9.30. The van der Waals surface area contributed by atoms with E-state index >= 15 is 0 Å². The molecule has 5 nitrogen and oxygen atoms in total. The molecule has 7 heteroatoms. The third-order valence-electron chi connectivity index (χ3n) is 2.99. The van der Waals surface area contributed by atoms with Gasteiger partial charge in [0.25, 0.3) is 0 Å². The van der Waals surface area contributed by atoms with E-state index in [4.69, 9.17) is 11.0 Å². The van der Waals surface area contributed by atoms with E-state index in [0.29, 0.717) is 23.5 Å². The number of benzene rings is 1. The topological polar surface area (TPSA) is 96.0 Å². The van der Waals surface area contributed by atoms with E-state index in [1.165, 1.54) is 18.2 Å². The highest BCUT2D eigenvalue weighted by atomic mass is 35.5. The molecular weight excluding hydrogens is 310 g/mol. The van der Waals surface area contributed by atoms with Gasteiger partial charge >= 0.3 is 0 Å². The van der Waals surface area contributed by atoms with E-state index < -0.39 is 10.0 Å². The molecular formula is C14H22ClN3O2S. The average molecular weight is 332 g/mol. The van der Waals surface area contributed by atoms with Crippen LogP contribution in [0, 0.1) is 24.2 Å². The van der Waals surface area contributed by atoms with Crippen LogP contribution in [-0.4, -0.2) is 21.0 Å². The van der Waals surface area contributed by atoms with Gasteiger partial charge in [-0.05, 0) is 43.0 Å². The minimum Gasteiger partial charge on any atom is -0.329 e. The van der Waals surface area contributed by atoms with E-state index in [2.05, 4.69) is 4.72 Å². The first kappa shape index (κ1) is 19.9. The zero-order chi connectivity index (χ0) is 15.3. The molecule has 0 radical (unpaired) electrons. The normalized spacial score (nSPS) is 12.6. The minimum atomic E-state index is -3.60. The molecule has 0 aliphatic heterocycles. The van der Waals surface area contributed by atoms with Crippen molar-refractivity contribution in [3.8, 4) is 6.07 Å². The molecule has 1 atom stereocenters. The average Bonchev–Trinajstić information content (AvgIpc) is 2.36. The maximum atomic E-state index is 12.3. The van der Waals surface area contributed by atoms with Gasteiger partial charge in [-0.2, -0.15) is 5.26 Å². The number of sulfonamides is 1. The van der Waals surface area contributed by atoms with Crippen LogP contribution in [0.15, 0.2) is 23.1 Å². The summed E-state index contributed by atoms with van der Waals surface area (Å²) in [7, 11) is -3.60. The molecule has 0 saturated carbocycles. The summed E-state index contributed by atoms with van der Waals surface area (Å²) in [5, 5.41) is 8.86. The third-order valence-corrected chi connectivity index (χ3v) is 4.51. The van der Waals surface area contributed by atoms with Crippen LogP contribution in [0.2, 0.25) is 0 Å². The molecule has 21 heavy (non-hydrogen) atoms. The monoisotopic (exact) mass is 331 g/mol. The fourth-order valence-electron chi connectivity index (χ4n) is 1.98. The summed E-state index contributed by atoms with van der Waals surface area (Å²) in [6.45, 7) is 6.00. The number of nitrogens with zero attached hydrogens (tertiary/aromatic N) is 1. The molecule has 0 aliphatic rings. The Labute approximate surface area is 133 Å². The van der Waals surface area contributed by atoms with Crippen LogP contribution in [0.3, 0.4) is 0 Å². The fraction of sp³-hybridized carbons (Fsp3) is 0.500. The van der Waals surface area contributed by atoms with Crippen LogP contribution >= 0.6 is 12.4 Å². The van der Waals surface area contributed by atoms with Gasteiger partial charge < -0.3 is 5.73 Å². The fourth-order valence-corrected chi connectivity index (χ4v) is 3.32.